The minimum absolute atomic E-state index is 0.258. The predicted octanol–water partition coefficient (Wildman–Crippen LogP) is 2.39. The van der Waals surface area contributed by atoms with Crippen LogP contribution in [0.5, 0.6) is 0 Å². The Hall–Kier alpha value is -1.67. The number of hydrogen-bond acceptors (Lipinski definition) is 6. The molecule has 0 fully saturated rings. The average Bonchev–Trinajstić information content (AvgIpc) is 2.67. The molecular formula is C19H31NO6. The number of alkyl carbamates (subject to hydrolysis) is 1. The van der Waals surface area contributed by atoms with Crippen LogP contribution in [0.4, 0.5) is 4.79 Å². The van der Waals surface area contributed by atoms with Crippen LogP contribution in [0.1, 0.15) is 18.9 Å². The van der Waals surface area contributed by atoms with Crippen LogP contribution in [0.25, 0.3) is 0 Å². The smallest absolute Gasteiger partial charge is 0.407 e. The molecule has 0 saturated heterocycles. The van der Waals surface area contributed by atoms with Crippen LogP contribution < -0.4 is 5.32 Å². The van der Waals surface area contributed by atoms with E-state index >= 15 is 0 Å². The summed E-state index contributed by atoms with van der Waals surface area (Å²) in [6.07, 6.45) is 0.571. The molecule has 0 aliphatic rings. The molecule has 7 heteroatoms. The zero-order valence-electron chi connectivity index (χ0n) is 15.6. The second-order valence-electron chi connectivity index (χ2n) is 5.44. The molecule has 0 aliphatic carbocycles. The van der Waals surface area contributed by atoms with E-state index < -0.39 is 6.09 Å². The molecule has 0 aromatic heterocycles. The number of carbonyl (C=O) groups excluding carboxylic acids is 1. The zero-order chi connectivity index (χ0) is 18.7. The van der Waals surface area contributed by atoms with Crippen molar-refractivity contribution in [3.05, 3.63) is 35.9 Å². The van der Waals surface area contributed by atoms with E-state index in [1.54, 1.807) is 0 Å². The van der Waals surface area contributed by atoms with E-state index in [2.05, 4.69) is 12.2 Å². The number of carbonyl (C=O) groups is 1. The molecule has 0 unspecified atom stereocenters. The second-order valence-corrected chi connectivity index (χ2v) is 5.44. The van der Waals surface area contributed by atoms with Crippen molar-refractivity contribution in [3.8, 4) is 0 Å². The first kappa shape index (κ1) is 22.4. The second kappa shape index (κ2) is 16.8. The predicted molar refractivity (Wildman–Crippen MR) is 98.2 cm³/mol. The van der Waals surface area contributed by atoms with Gasteiger partial charge in [0.25, 0.3) is 0 Å². The molecule has 0 heterocycles. The number of amides is 1. The highest BCUT2D eigenvalue weighted by molar-refractivity contribution is 5.67. The summed E-state index contributed by atoms with van der Waals surface area (Å²) in [4.78, 5) is 11.5. The van der Waals surface area contributed by atoms with Crippen LogP contribution in [0, 0.1) is 0 Å². The SMILES string of the molecule is CCCOCCOCCOCCOCCNC(=O)OCc1ccccc1. The van der Waals surface area contributed by atoms with Gasteiger partial charge >= 0.3 is 6.09 Å². The van der Waals surface area contributed by atoms with Crippen molar-refractivity contribution in [1.29, 1.82) is 0 Å². The van der Waals surface area contributed by atoms with Crippen LogP contribution in [0.2, 0.25) is 0 Å². The van der Waals surface area contributed by atoms with Crippen molar-refractivity contribution in [2.45, 2.75) is 20.0 Å². The van der Waals surface area contributed by atoms with Gasteiger partial charge in [-0.3, -0.25) is 0 Å². The fraction of sp³-hybridized carbons (Fsp3) is 0.632. The van der Waals surface area contributed by atoms with Crippen LogP contribution in [0.15, 0.2) is 30.3 Å². The third-order valence-corrected chi connectivity index (χ3v) is 3.19. The molecule has 26 heavy (non-hydrogen) atoms. The maximum atomic E-state index is 11.5. The van der Waals surface area contributed by atoms with Gasteiger partial charge in [0.15, 0.2) is 0 Å². The van der Waals surface area contributed by atoms with Crippen LogP contribution in [0.3, 0.4) is 0 Å². The van der Waals surface area contributed by atoms with Crippen molar-refractivity contribution < 1.29 is 28.5 Å². The lowest BCUT2D eigenvalue weighted by Gasteiger charge is -2.08. The molecular weight excluding hydrogens is 338 g/mol. The van der Waals surface area contributed by atoms with Crippen LogP contribution in [-0.2, 0) is 30.3 Å². The zero-order valence-corrected chi connectivity index (χ0v) is 15.6. The Balaban J connectivity index is 1.78. The molecule has 7 nitrogen and oxygen atoms in total. The van der Waals surface area contributed by atoms with Gasteiger partial charge in [0, 0.05) is 13.2 Å². The standard InChI is InChI=1S/C19H31NO6/c1-2-9-22-11-13-24-15-16-25-14-12-23-10-8-20-19(21)26-17-18-6-4-3-5-7-18/h3-7H,2,8-17H2,1H3,(H,20,21). The summed E-state index contributed by atoms with van der Waals surface area (Å²) >= 11 is 0. The van der Waals surface area contributed by atoms with Gasteiger partial charge in [-0.25, -0.2) is 4.79 Å². The molecule has 0 bridgehead atoms. The molecule has 1 N–H and O–H groups in total. The first-order chi connectivity index (χ1) is 12.8. The molecule has 1 amide bonds. The Kier molecular flexibility index (Phi) is 14.4. The maximum Gasteiger partial charge on any atom is 0.407 e. The molecule has 148 valence electrons. The number of nitrogens with one attached hydrogen (secondary N) is 1. The molecule has 0 atom stereocenters. The first-order valence-electron chi connectivity index (χ1n) is 9.08. The van der Waals surface area contributed by atoms with Crippen molar-refractivity contribution >= 4 is 6.09 Å². The molecule has 0 radical (unpaired) electrons. The molecule has 0 spiro atoms. The van der Waals surface area contributed by atoms with Gasteiger partial charge in [0.05, 0.1) is 46.2 Å². The summed E-state index contributed by atoms with van der Waals surface area (Å²) in [7, 11) is 0. The lowest BCUT2D eigenvalue weighted by molar-refractivity contribution is -0.00139. The highest BCUT2D eigenvalue weighted by Crippen LogP contribution is 2.00. The summed E-state index contributed by atoms with van der Waals surface area (Å²) in [5.41, 5.74) is 0.952. The Bertz CT molecular complexity index is 443. The Labute approximate surface area is 155 Å². The Morgan fingerprint density at radius 3 is 1.92 bits per heavy atom. The summed E-state index contributed by atoms with van der Waals surface area (Å²) in [5, 5.41) is 2.63. The summed E-state index contributed by atoms with van der Waals surface area (Å²) in [6.45, 7) is 7.17. The highest BCUT2D eigenvalue weighted by atomic mass is 16.6. The van der Waals surface area contributed by atoms with Crippen molar-refractivity contribution in [2.24, 2.45) is 0 Å². The monoisotopic (exact) mass is 369 g/mol. The number of ether oxygens (including phenoxy) is 5. The Morgan fingerprint density at radius 2 is 1.35 bits per heavy atom. The van der Waals surface area contributed by atoms with E-state index in [4.69, 9.17) is 23.7 Å². The third kappa shape index (κ3) is 13.6. The number of benzene rings is 1. The first-order valence-corrected chi connectivity index (χ1v) is 9.08. The van der Waals surface area contributed by atoms with Gasteiger partial charge in [-0.2, -0.15) is 0 Å². The van der Waals surface area contributed by atoms with Gasteiger partial charge in [-0.1, -0.05) is 37.3 Å². The number of rotatable bonds is 16. The normalized spacial score (nSPS) is 10.7. The third-order valence-electron chi connectivity index (χ3n) is 3.19. The topological polar surface area (TPSA) is 75.3 Å². The fourth-order valence-corrected chi connectivity index (χ4v) is 1.91. The molecule has 1 aromatic carbocycles. The van der Waals surface area contributed by atoms with Gasteiger partial charge in [0.1, 0.15) is 6.61 Å². The maximum absolute atomic E-state index is 11.5. The lowest BCUT2D eigenvalue weighted by atomic mass is 10.2. The highest BCUT2D eigenvalue weighted by Gasteiger charge is 2.01. The van der Waals surface area contributed by atoms with Gasteiger partial charge in [0.2, 0.25) is 0 Å². The number of hydrogen-bond donors (Lipinski definition) is 1. The molecule has 0 saturated carbocycles. The van der Waals surface area contributed by atoms with Gasteiger partial charge in [-0.15, -0.1) is 0 Å². The van der Waals surface area contributed by atoms with Crippen molar-refractivity contribution in [3.63, 3.8) is 0 Å². The summed E-state index contributed by atoms with van der Waals surface area (Å²) in [5.74, 6) is 0. The van der Waals surface area contributed by atoms with Crippen molar-refractivity contribution in [2.75, 3.05) is 59.4 Å². The van der Waals surface area contributed by atoms with E-state index in [0.29, 0.717) is 52.8 Å². The Morgan fingerprint density at radius 1 is 0.808 bits per heavy atom. The van der Waals surface area contributed by atoms with Crippen molar-refractivity contribution in [1.82, 2.24) is 5.32 Å². The minimum atomic E-state index is -0.450. The lowest BCUT2D eigenvalue weighted by Crippen LogP contribution is -2.28. The minimum Gasteiger partial charge on any atom is -0.445 e. The van der Waals surface area contributed by atoms with E-state index in [1.165, 1.54) is 0 Å². The van der Waals surface area contributed by atoms with E-state index in [1.807, 2.05) is 30.3 Å². The van der Waals surface area contributed by atoms with E-state index in [-0.39, 0.29) is 6.61 Å². The fourth-order valence-electron chi connectivity index (χ4n) is 1.91. The molecule has 1 aromatic rings. The van der Waals surface area contributed by atoms with E-state index in [9.17, 15) is 4.79 Å². The van der Waals surface area contributed by atoms with E-state index in [0.717, 1.165) is 18.6 Å². The molecule has 0 aliphatic heterocycles. The van der Waals surface area contributed by atoms with Crippen LogP contribution >= 0.6 is 0 Å². The van der Waals surface area contributed by atoms with Crippen LogP contribution in [-0.4, -0.2) is 65.5 Å². The molecule has 1 rings (SSSR count). The average molecular weight is 369 g/mol. The summed E-state index contributed by atoms with van der Waals surface area (Å²) < 4.78 is 26.5. The quantitative estimate of drug-likeness (QED) is 0.451. The van der Waals surface area contributed by atoms with Gasteiger partial charge < -0.3 is 29.0 Å². The largest absolute Gasteiger partial charge is 0.445 e. The van der Waals surface area contributed by atoms with Gasteiger partial charge in [-0.05, 0) is 12.0 Å². The summed E-state index contributed by atoms with van der Waals surface area (Å²) in [6, 6.07) is 9.53.